The van der Waals surface area contributed by atoms with Crippen LogP contribution in [-0.2, 0) is 42.6 Å². The van der Waals surface area contributed by atoms with Gasteiger partial charge >= 0.3 is 0 Å². The monoisotopic (exact) mass is 1250 g/mol. The van der Waals surface area contributed by atoms with Crippen molar-refractivity contribution >= 4 is 0 Å². The Balaban J connectivity index is -0.000000213. The summed E-state index contributed by atoms with van der Waals surface area (Å²) in [5, 5.41) is 0. The van der Waals surface area contributed by atoms with E-state index in [1.165, 1.54) is 148 Å². The first-order chi connectivity index (χ1) is 40.8. The van der Waals surface area contributed by atoms with Crippen LogP contribution in [0.15, 0.2) is 0 Å². The van der Waals surface area contributed by atoms with Crippen LogP contribution in [0, 0.1) is 51.2 Å². The summed E-state index contributed by atoms with van der Waals surface area (Å²) < 4.78 is 48.2. The van der Waals surface area contributed by atoms with Crippen LogP contribution < -0.4 is 0 Å². The second-order valence-corrected chi connectivity index (χ2v) is 29.5. The summed E-state index contributed by atoms with van der Waals surface area (Å²) in [6.45, 7) is 71.0. The van der Waals surface area contributed by atoms with E-state index < -0.39 is 0 Å². The Labute approximate surface area is 550 Å². The van der Waals surface area contributed by atoms with E-state index in [4.69, 9.17) is 42.6 Å². The lowest BCUT2D eigenvalue weighted by Crippen LogP contribution is -2.28. The lowest BCUT2D eigenvalue weighted by atomic mass is 9.81. The van der Waals surface area contributed by atoms with Crippen molar-refractivity contribution in [3.8, 4) is 0 Å². The quantitative estimate of drug-likeness (QED) is 0.0680. The Kier molecular flexibility index (Phi) is 72.3. The fourth-order valence-electron chi connectivity index (χ4n) is 9.70. The Morgan fingerprint density at radius 2 is 0.713 bits per heavy atom. The first-order valence-electron chi connectivity index (χ1n) is 37.0. The Morgan fingerprint density at radius 3 is 0.977 bits per heavy atom. The molecule has 9 heteroatoms. The summed E-state index contributed by atoms with van der Waals surface area (Å²) in [6.07, 6.45) is 32.7. The summed E-state index contributed by atoms with van der Waals surface area (Å²) in [7, 11) is 3.67. The molecule has 0 N–H and O–H groups in total. The van der Waals surface area contributed by atoms with Gasteiger partial charge in [0.25, 0.3) is 0 Å². The van der Waals surface area contributed by atoms with Crippen molar-refractivity contribution < 1.29 is 42.6 Å². The van der Waals surface area contributed by atoms with Gasteiger partial charge in [0.2, 0.25) is 0 Å². The maximum absolute atomic E-state index is 5.70. The van der Waals surface area contributed by atoms with Gasteiger partial charge in [0.05, 0.1) is 50.3 Å². The van der Waals surface area contributed by atoms with E-state index >= 15 is 0 Å². The van der Waals surface area contributed by atoms with Crippen molar-refractivity contribution in [3.63, 3.8) is 0 Å². The number of ether oxygens (including phenoxy) is 9. The highest BCUT2D eigenvalue weighted by molar-refractivity contribution is 4.75. The summed E-state index contributed by atoms with van der Waals surface area (Å²) in [5.74, 6) is 3.85. The van der Waals surface area contributed by atoms with E-state index in [1.807, 2.05) is 41.9 Å². The molecule has 0 aliphatic heterocycles. The normalized spacial score (nSPS) is 16.6. The molecule has 0 bridgehead atoms. The number of hydrogen-bond acceptors (Lipinski definition) is 9. The van der Waals surface area contributed by atoms with Crippen LogP contribution in [0.1, 0.15) is 342 Å². The second-order valence-electron chi connectivity index (χ2n) is 29.5. The number of rotatable bonds is 29. The van der Waals surface area contributed by atoms with Crippen molar-refractivity contribution in [3.05, 3.63) is 0 Å². The van der Waals surface area contributed by atoms with Crippen molar-refractivity contribution in [1.82, 2.24) is 0 Å². The van der Waals surface area contributed by atoms with E-state index in [2.05, 4.69) is 166 Å². The summed E-state index contributed by atoms with van der Waals surface area (Å²) in [4.78, 5) is 0. The molecule has 0 saturated heterocycles. The summed E-state index contributed by atoms with van der Waals surface area (Å²) >= 11 is 0. The molecule has 3 atom stereocenters. The molecule has 0 heterocycles. The zero-order chi connectivity index (χ0) is 68.2. The number of methoxy groups -OCH3 is 2. The minimum Gasteiger partial charge on any atom is -0.381 e. The van der Waals surface area contributed by atoms with E-state index in [1.54, 1.807) is 0 Å². The maximum atomic E-state index is 5.70. The van der Waals surface area contributed by atoms with Crippen LogP contribution >= 0.6 is 0 Å². The molecular formula is C78H168O9. The van der Waals surface area contributed by atoms with Crippen LogP contribution in [0.2, 0.25) is 0 Å². The first kappa shape index (κ1) is 97.7. The van der Waals surface area contributed by atoms with Crippen molar-refractivity contribution in [2.75, 3.05) is 93.5 Å². The molecule has 0 aromatic carbocycles. The molecule has 87 heavy (non-hydrogen) atoms. The average molecular weight is 1250 g/mol. The molecule has 0 radical (unpaired) electrons. The largest absolute Gasteiger partial charge is 0.381 e. The van der Waals surface area contributed by atoms with Crippen molar-refractivity contribution in [2.24, 2.45) is 51.2 Å². The summed E-state index contributed by atoms with van der Waals surface area (Å²) in [5.41, 5.74) is 1.57. The predicted molar refractivity (Wildman–Crippen MR) is 386 cm³/mol. The van der Waals surface area contributed by atoms with Gasteiger partial charge in [0, 0.05) is 67.1 Å². The fraction of sp³-hybridized carbons (Fsp3) is 1.00. The SMILES string of the molecule is CC(C)C(C)OC(C)(C)C.CCOCC(C)(C)C.CCOCC(C)(C)CC.CCOCC(C)(CC)CC.CCOCC(C)C.CCOCC(CC)(CC)CC.CCOCC1CCCC1.COC(C)C1CCCCCC1.COC(C)C1CCCCCCC1. The molecule has 0 amide bonds. The van der Waals surface area contributed by atoms with Crippen molar-refractivity contribution in [2.45, 2.75) is 365 Å². The molecule has 3 aliphatic rings. The molecule has 0 aromatic heterocycles. The highest BCUT2D eigenvalue weighted by Gasteiger charge is 2.24. The van der Waals surface area contributed by atoms with E-state index in [0.29, 0.717) is 51.8 Å². The molecule has 3 aliphatic carbocycles. The first-order valence-corrected chi connectivity index (χ1v) is 37.0. The third-order valence-electron chi connectivity index (χ3n) is 17.9. The molecule has 3 rings (SSSR count). The van der Waals surface area contributed by atoms with Gasteiger partial charge in [-0.2, -0.15) is 0 Å². The highest BCUT2D eigenvalue weighted by atomic mass is 16.5. The molecule has 3 fully saturated rings. The number of hydrogen-bond donors (Lipinski definition) is 0. The molecule has 0 spiro atoms. The second kappa shape index (κ2) is 64.4. The zero-order valence-electron chi connectivity index (χ0n) is 65.5. The van der Waals surface area contributed by atoms with E-state index in [9.17, 15) is 0 Å². The van der Waals surface area contributed by atoms with Gasteiger partial charge in [0.15, 0.2) is 0 Å². The lowest BCUT2D eigenvalue weighted by Gasteiger charge is -2.29. The molecule has 9 nitrogen and oxygen atoms in total. The van der Waals surface area contributed by atoms with Gasteiger partial charge in [-0.15, -0.1) is 0 Å². The zero-order valence-corrected chi connectivity index (χ0v) is 65.5. The van der Waals surface area contributed by atoms with Gasteiger partial charge in [-0.1, -0.05) is 181 Å². The van der Waals surface area contributed by atoms with Crippen molar-refractivity contribution in [1.29, 1.82) is 0 Å². The molecule has 3 unspecified atom stereocenters. The van der Waals surface area contributed by atoms with Gasteiger partial charge < -0.3 is 42.6 Å². The standard InChI is InChI=1S/C11H22O.C10H20O.C10H22O.2C9H20O.C8H16O.C8H18O.C7H16O.C6H14O/c1-10(12-2)11-8-6-4-3-5-7-9-11;1-9(11-2)10-7-5-3-4-6-8-10;1-5-10(6-2,7-3)9-11-8-4;1-7(2)8(3)10-9(4,5)6;1-5-9(4,6-2)8-10-7-3;1-2-9-7-8-5-3-4-6-8;1-5-8(3,4)7-9-6-2;1-5-8-6-7(2,3)4;1-4-7-5-6(2)3/h10-11H,3-9H2,1-2H3;9-10H,3-8H2,1-2H3;5-9H2,1-4H3;7-8H,1-6H3;5-8H2,1-4H3;8H,2-7H2,1H3;5-7H2,1-4H3;5-6H2,1-4H3;6H,4-5H2,1-3H3. The molecule has 0 aromatic rings. The van der Waals surface area contributed by atoms with Gasteiger partial charge in [0.1, 0.15) is 0 Å². The van der Waals surface area contributed by atoms with E-state index in [0.717, 1.165) is 97.0 Å². The van der Waals surface area contributed by atoms with Crippen LogP contribution in [0.25, 0.3) is 0 Å². The minimum absolute atomic E-state index is 0.00366. The third-order valence-corrected chi connectivity index (χ3v) is 17.9. The molecule has 534 valence electrons. The van der Waals surface area contributed by atoms with Crippen LogP contribution in [0.3, 0.4) is 0 Å². The highest BCUT2D eigenvalue weighted by Crippen LogP contribution is 2.31. The van der Waals surface area contributed by atoms with Gasteiger partial charge in [-0.05, 0) is 211 Å². The summed E-state index contributed by atoms with van der Waals surface area (Å²) in [6, 6.07) is 0. The average Bonchev–Trinajstić information content (AvgIpc) is 4.07. The topological polar surface area (TPSA) is 83.1 Å². The van der Waals surface area contributed by atoms with Crippen LogP contribution in [-0.4, -0.2) is 117 Å². The Morgan fingerprint density at radius 1 is 0.368 bits per heavy atom. The van der Waals surface area contributed by atoms with Gasteiger partial charge in [-0.25, -0.2) is 0 Å². The van der Waals surface area contributed by atoms with Crippen LogP contribution in [0.5, 0.6) is 0 Å². The molecule has 3 saturated carbocycles. The van der Waals surface area contributed by atoms with E-state index in [-0.39, 0.29) is 5.60 Å². The minimum atomic E-state index is 0.00366. The van der Waals surface area contributed by atoms with Crippen LogP contribution in [0.4, 0.5) is 0 Å². The lowest BCUT2D eigenvalue weighted by molar-refractivity contribution is -0.0698. The predicted octanol–water partition coefficient (Wildman–Crippen LogP) is 23.7. The Bertz CT molecular complexity index is 1270. The third kappa shape index (κ3) is 69.8. The maximum Gasteiger partial charge on any atom is 0.0602 e. The Hall–Kier alpha value is -0.360. The fourth-order valence-corrected chi connectivity index (χ4v) is 9.70. The molecular weight excluding hydrogens is 1080 g/mol. The van der Waals surface area contributed by atoms with Gasteiger partial charge in [-0.3, -0.25) is 0 Å². The smallest absolute Gasteiger partial charge is 0.0602 e.